The van der Waals surface area contributed by atoms with E-state index in [1.165, 1.54) is 18.3 Å². The summed E-state index contributed by atoms with van der Waals surface area (Å²) in [4.78, 5) is 33.7. The number of thiazole rings is 1. The lowest BCUT2D eigenvalue weighted by molar-refractivity contribution is -0.114. The zero-order valence-electron chi connectivity index (χ0n) is 17.1. The molecule has 3 aromatic carbocycles. The maximum Gasteiger partial charge on any atom is 0.256 e. The smallest absolute Gasteiger partial charge is 0.256 e. The second-order valence-corrected chi connectivity index (χ2v) is 8.31. The number of anilines is 2. The number of aromatic nitrogens is 2. The fourth-order valence-electron chi connectivity index (χ4n) is 3.53. The van der Waals surface area contributed by atoms with Crippen molar-refractivity contribution in [1.82, 2.24) is 9.97 Å². The molecular weight excluding hydrogens is 420 g/mol. The van der Waals surface area contributed by atoms with Gasteiger partial charge in [-0.15, -0.1) is 0 Å². The number of hydrogen-bond acceptors (Lipinski definition) is 5. The highest BCUT2D eigenvalue weighted by Gasteiger charge is 2.15. The van der Waals surface area contributed by atoms with Crippen LogP contribution in [0.15, 0.2) is 78.9 Å². The largest absolute Gasteiger partial charge is 0.322 e. The third-order valence-electron chi connectivity index (χ3n) is 4.96. The maximum atomic E-state index is 13.3. The number of carbonyl (C=O) groups is 2. The second kappa shape index (κ2) is 8.20. The molecule has 5 rings (SSSR count). The first-order chi connectivity index (χ1) is 15.6. The lowest BCUT2D eigenvalue weighted by atomic mass is 10.0. The number of benzene rings is 3. The van der Waals surface area contributed by atoms with Gasteiger partial charge in [-0.05, 0) is 30.3 Å². The summed E-state index contributed by atoms with van der Waals surface area (Å²) in [5.41, 5.74) is 4.33. The zero-order valence-corrected chi connectivity index (χ0v) is 17.9. The van der Waals surface area contributed by atoms with Gasteiger partial charge >= 0.3 is 0 Å². The fourth-order valence-corrected chi connectivity index (χ4v) is 4.42. The van der Waals surface area contributed by atoms with Crippen LogP contribution >= 0.6 is 11.3 Å². The van der Waals surface area contributed by atoms with Crippen molar-refractivity contribution in [3.8, 4) is 11.3 Å². The number of para-hydroxylation sites is 1. The Morgan fingerprint density at radius 1 is 0.812 bits per heavy atom. The number of amides is 2. The summed E-state index contributed by atoms with van der Waals surface area (Å²) in [7, 11) is 0. The molecule has 5 aromatic rings. The van der Waals surface area contributed by atoms with Gasteiger partial charge < -0.3 is 10.6 Å². The van der Waals surface area contributed by atoms with Gasteiger partial charge in [-0.25, -0.2) is 9.97 Å². The van der Waals surface area contributed by atoms with Crippen molar-refractivity contribution < 1.29 is 9.59 Å². The van der Waals surface area contributed by atoms with Crippen LogP contribution in [0.3, 0.4) is 0 Å². The van der Waals surface area contributed by atoms with Crippen LogP contribution in [0.25, 0.3) is 32.4 Å². The first-order valence-corrected chi connectivity index (χ1v) is 10.8. The van der Waals surface area contributed by atoms with Gasteiger partial charge in [0.1, 0.15) is 0 Å². The van der Waals surface area contributed by atoms with Crippen LogP contribution in [0.1, 0.15) is 17.3 Å². The number of nitrogens with one attached hydrogen (secondary N) is 2. The minimum atomic E-state index is -0.225. The minimum Gasteiger partial charge on any atom is -0.322 e. The van der Waals surface area contributed by atoms with Crippen molar-refractivity contribution in [1.29, 1.82) is 0 Å². The van der Waals surface area contributed by atoms with E-state index in [-0.39, 0.29) is 11.8 Å². The topological polar surface area (TPSA) is 84.0 Å². The molecule has 0 radical (unpaired) electrons. The summed E-state index contributed by atoms with van der Waals surface area (Å²) in [6.45, 7) is 1.44. The van der Waals surface area contributed by atoms with Gasteiger partial charge in [0.15, 0.2) is 5.13 Å². The van der Waals surface area contributed by atoms with Crippen molar-refractivity contribution in [3.05, 3.63) is 84.4 Å². The molecule has 0 fully saturated rings. The first kappa shape index (κ1) is 19.8. The third kappa shape index (κ3) is 3.93. The van der Waals surface area contributed by atoms with E-state index in [0.717, 1.165) is 26.9 Å². The van der Waals surface area contributed by atoms with Crippen molar-refractivity contribution in [2.24, 2.45) is 0 Å². The number of fused-ring (bicyclic) bond motifs is 2. The van der Waals surface area contributed by atoms with Crippen molar-refractivity contribution in [2.75, 3.05) is 10.6 Å². The molecule has 0 atom stereocenters. The Labute approximate surface area is 188 Å². The number of rotatable bonds is 4. The van der Waals surface area contributed by atoms with Gasteiger partial charge in [0.05, 0.1) is 27.0 Å². The third-order valence-corrected chi connectivity index (χ3v) is 5.91. The van der Waals surface area contributed by atoms with Crippen molar-refractivity contribution >= 4 is 55.1 Å². The average Bonchev–Trinajstić information content (AvgIpc) is 3.19. The minimum absolute atomic E-state index is 0.170. The monoisotopic (exact) mass is 438 g/mol. The summed E-state index contributed by atoms with van der Waals surface area (Å²) < 4.78 is 0.924. The van der Waals surface area contributed by atoms with Gasteiger partial charge in [-0.2, -0.15) is 0 Å². The van der Waals surface area contributed by atoms with Gasteiger partial charge in [0, 0.05) is 23.6 Å². The quantitative estimate of drug-likeness (QED) is 0.376. The number of carbonyl (C=O) groups excluding carboxylic acids is 2. The summed E-state index contributed by atoms with van der Waals surface area (Å²) in [6, 6.07) is 24.7. The molecule has 0 saturated carbocycles. The standard InChI is InChI=1S/C25H18N4O2S/c1-15(30)26-25-29-22-13-17(11-12-23(22)32-25)27-24(31)19-14-21(16-7-3-2-4-8-16)28-20-10-6-5-9-18(19)20/h2-14H,1H3,(H,27,31)(H,26,29,30). The van der Waals surface area contributed by atoms with Gasteiger partial charge in [0.2, 0.25) is 5.91 Å². The molecule has 0 unspecified atom stereocenters. The van der Waals surface area contributed by atoms with Gasteiger partial charge in [0.25, 0.3) is 5.91 Å². The number of pyridine rings is 1. The van der Waals surface area contributed by atoms with Crippen LogP contribution < -0.4 is 10.6 Å². The molecule has 0 bridgehead atoms. The molecule has 0 spiro atoms. The number of hydrogen-bond donors (Lipinski definition) is 2. The summed E-state index contributed by atoms with van der Waals surface area (Å²) >= 11 is 1.39. The summed E-state index contributed by atoms with van der Waals surface area (Å²) in [6.07, 6.45) is 0. The van der Waals surface area contributed by atoms with Gasteiger partial charge in [-0.1, -0.05) is 59.9 Å². The SMILES string of the molecule is CC(=O)Nc1nc2cc(NC(=O)c3cc(-c4ccccc4)nc4ccccc34)ccc2s1. The summed E-state index contributed by atoms with van der Waals surface area (Å²) in [5.74, 6) is -0.395. The zero-order chi connectivity index (χ0) is 22.1. The predicted molar refractivity (Wildman–Crippen MR) is 129 cm³/mol. The summed E-state index contributed by atoms with van der Waals surface area (Å²) in [5, 5.41) is 6.99. The van der Waals surface area contributed by atoms with E-state index in [4.69, 9.17) is 4.98 Å². The van der Waals surface area contributed by atoms with Crippen LogP contribution in [0.4, 0.5) is 10.8 Å². The number of nitrogens with zero attached hydrogens (tertiary/aromatic N) is 2. The fraction of sp³-hybridized carbons (Fsp3) is 0.0400. The van der Waals surface area contributed by atoms with E-state index in [1.54, 1.807) is 6.07 Å². The van der Waals surface area contributed by atoms with Crippen LogP contribution in [0, 0.1) is 0 Å². The van der Waals surface area contributed by atoms with Crippen molar-refractivity contribution in [3.63, 3.8) is 0 Å². The Balaban J connectivity index is 1.51. The molecule has 0 saturated heterocycles. The molecular formula is C25H18N4O2S. The Morgan fingerprint density at radius 2 is 1.59 bits per heavy atom. The lowest BCUT2D eigenvalue weighted by Crippen LogP contribution is -2.13. The highest BCUT2D eigenvalue weighted by molar-refractivity contribution is 7.22. The van der Waals surface area contributed by atoms with E-state index in [9.17, 15) is 9.59 Å². The average molecular weight is 439 g/mol. The Hall–Kier alpha value is -4.10. The maximum absolute atomic E-state index is 13.3. The van der Waals surface area contributed by atoms with E-state index in [0.29, 0.717) is 21.9 Å². The van der Waals surface area contributed by atoms with Gasteiger partial charge in [-0.3, -0.25) is 9.59 Å². The molecule has 32 heavy (non-hydrogen) atoms. The van der Waals surface area contributed by atoms with Crippen molar-refractivity contribution in [2.45, 2.75) is 6.92 Å². The van der Waals surface area contributed by atoms with Crippen LogP contribution in [-0.4, -0.2) is 21.8 Å². The first-order valence-electron chi connectivity index (χ1n) is 10.0. The molecule has 0 aliphatic heterocycles. The highest BCUT2D eigenvalue weighted by atomic mass is 32.1. The predicted octanol–water partition coefficient (Wildman–Crippen LogP) is 5.72. The van der Waals surface area contributed by atoms with Crippen LogP contribution in [0.5, 0.6) is 0 Å². The second-order valence-electron chi connectivity index (χ2n) is 7.28. The normalized spacial score (nSPS) is 10.9. The molecule has 156 valence electrons. The van der Waals surface area contributed by atoms with Crippen LogP contribution in [-0.2, 0) is 4.79 Å². The molecule has 2 aromatic heterocycles. The molecule has 6 nitrogen and oxygen atoms in total. The Bertz CT molecular complexity index is 1480. The van der Waals surface area contributed by atoms with E-state index >= 15 is 0 Å². The van der Waals surface area contributed by atoms with E-state index in [2.05, 4.69) is 15.6 Å². The molecule has 7 heteroatoms. The van der Waals surface area contributed by atoms with E-state index in [1.807, 2.05) is 72.8 Å². The molecule has 0 aliphatic rings. The molecule has 2 amide bonds. The molecule has 2 N–H and O–H groups in total. The van der Waals surface area contributed by atoms with E-state index < -0.39 is 0 Å². The lowest BCUT2D eigenvalue weighted by Gasteiger charge is -2.11. The van der Waals surface area contributed by atoms with Crippen LogP contribution in [0.2, 0.25) is 0 Å². The Kier molecular flexibility index (Phi) is 5.09. The molecule has 0 aliphatic carbocycles. The molecule has 2 heterocycles. The highest BCUT2D eigenvalue weighted by Crippen LogP contribution is 2.29. The Morgan fingerprint density at radius 3 is 2.41 bits per heavy atom.